The Morgan fingerprint density at radius 1 is 1.28 bits per heavy atom. The summed E-state index contributed by atoms with van der Waals surface area (Å²) >= 11 is 0. The number of likely N-dealkylation sites (tertiary alicyclic amines) is 1. The van der Waals surface area contributed by atoms with Crippen LogP contribution in [0.4, 0.5) is 0 Å². The number of aryl methyl sites for hydroxylation is 1. The molecule has 7 nitrogen and oxygen atoms in total. The van der Waals surface area contributed by atoms with Crippen LogP contribution < -0.4 is 0 Å². The molecule has 0 bridgehead atoms. The van der Waals surface area contributed by atoms with Gasteiger partial charge in [0.25, 0.3) is 5.91 Å². The Labute approximate surface area is 145 Å². The summed E-state index contributed by atoms with van der Waals surface area (Å²) in [5.74, 6) is 0.734. The number of carbonyl (C=O) groups excluding carboxylic acids is 1. The van der Waals surface area contributed by atoms with Crippen molar-refractivity contribution in [2.24, 2.45) is 0 Å². The predicted octanol–water partition coefficient (Wildman–Crippen LogP) is 2.08. The van der Waals surface area contributed by atoms with Crippen molar-refractivity contribution in [1.29, 1.82) is 0 Å². The van der Waals surface area contributed by atoms with Gasteiger partial charge in [-0.25, -0.2) is 9.67 Å². The molecule has 4 heterocycles. The van der Waals surface area contributed by atoms with Gasteiger partial charge in [-0.1, -0.05) is 0 Å². The highest BCUT2D eigenvalue weighted by atomic mass is 16.2. The monoisotopic (exact) mass is 336 g/mol. The Morgan fingerprint density at radius 3 is 2.88 bits per heavy atom. The van der Waals surface area contributed by atoms with Crippen molar-refractivity contribution in [2.45, 2.75) is 32.4 Å². The van der Waals surface area contributed by atoms with E-state index in [1.54, 1.807) is 17.1 Å². The summed E-state index contributed by atoms with van der Waals surface area (Å²) in [5, 5.41) is 8.49. The number of rotatable bonds is 4. The topological polar surface area (TPSA) is 68.8 Å². The van der Waals surface area contributed by atoms with Crippen LogP contribution in [0.25, 0.3) is 5.82 Å². The number of hydrogen-bond acceptors (Lipinski definition) is 4. The Morgan fingerprint density at radius 2 is 2.20 bits per heavy atom. The third-order valence-corrected chi connectivity index (χ3v) is 4.53. The zero-order valence-electron chi connectivity index (χ0n) is 14.1. The molecular weight excluding hydrogens is 316 g/mol. The maximum absolute atomic E-state index is 12.9. The van der Waals surface area contributed by atoms with Gasteiger partial charge < -0.3 is 4.90 Å². The fraction of sp³-hybridized carbons (Fsp3) is 0.333. The summed E-state index contributed by atoms with van der Waals surface area (Å²) in [6.07, 6.45) is 11.0. The molecule has 4 rings (SSSR count). The van der Waals surface area contributed by atoms with Crippen LogP contribution in [0.5, 0.6) is 0 Å². The molecular formula is C18H20N6O. The lowest BCUT2D eigenvalue weighted by Gasteiger charge is -2.24. The normalized spacial score (nSPS) is 17.2. The predicted molar refractivity (Wildman–Crippen MR) is 92.4 cm³/mol. The van der Waals surface area contributed by atoms with Gasteiger partial charge in [-0.15, -0.1) is 0 Å². The highest BCUT2D eigenvalue weighted by Gasteiger charge is 2.30. The molecule has 7 heteroatoms. The molecule has 1 saturated heterocycles. The van der Waals surface area contributed by atoms with Crippen molar-refractivity contribution in [3.8, 4) is 5.82 Å². The fourth-order valence-electron chi connectivity index (χ4n) is 3.29. The van der Waals surface area contributed by atoms with E-state index in [2.05, 4.69) is 15.2 Å². The molecule has 3 aromatic rings. The standard InChI is InChI=1S/C18H20N6O/c1-14-10-21-22(12-14)13-16-4-2-8-23(16)18(25)15-5-6-17(19-11-15)24-9-3-7-20-24/h3,5-7,9-12,16H,2,4,8,13H2,1H3/t16-/m0/s1. The van der Waals surface area contributed by atoms with Crippen LogP contribution in [0.2, 0.25) is 0 Å². The van der Waals surface area contributed by atoms with E-state index in [-0.39, 0.29) is 11.9 Å². The molecule has 0 N–H and O–H groups in total. The SMILES string of the molecule is Cc1cnn(C[C@@H]2CCCN2C(=O)c2ccc(-n3cccn3)nc2)c1. The zero-order valence-corrected chi connectivity index (χ0v) is 14.1. The molecule has 0 spiro atoms. The van der Waals surface area contributed by atoms with Gasteiger partial charge in [0, 0.05) is 31.3 Å². The van der Waals surface area contributed by atoms with Gasteiger partial charge in [-0.2, -0.15) is 10.2 Å². The lowest BCUT2D eigenvalue weighted by atomic mass is 10.2. The Balaban J connectivity index is 1.49. The quantitative estimate of drug-likeness (QED) is 0.731. The molecule has 1 aliphatic heterocycles. The van der Waals surface area contributed by atoms with Crippen molar-refractivity contribution < 1.29 is 4.79 Å². The lowest BCUT2D eigenvalue weighted by Crippen LogP contribution is -2.38. The number of amides is 1. The average molecular weight is 336 g/mol. The first-order valence-corrected chi connectivity index (χ1v) is 8.47. The van der Waals surface area contributed by atoms with Gasteiger partial charge in [-0.3, -0.25) is 9.48 Å². The highest BCUT2D eigenvalue weighted by Crippen LogP contribution is 2.21. The zero-order chi connectivity index (χ0) is 17.2. The Bertz CT molecular complexity index is 852. The van der Waals surface area contributed by atoms with E-state index >= 15 is 0 Å². The third-order valence-electron chi connectivity index (χ3n) is 4.53. The Kier molecular flexibility index (Phi) is 4.05. The van der Waals surface area contributed by atoms with Crippen molar-refractivity contribution in [3.63, 3.8) is 0 Å². The van der Waals surface area contributed by atoms with Crippen LogP contribution in [0, 0.1) is 6.92 Å². The summed E-state index contributed by atoms with van der Waals surface area (Å²) in [6, 6.07) is 5.66. The number of hydrogen-bond donors (Lipinski definition) is 0. The molecule has 1 aliphatic rings. The molecule has 0 radical (unpaired) electrons. The first-order chi connectivity index (χ1) is 12.2. The van der Waals surface area contributed by atoms with E-state index in [1.165, 1.54) is 0 Å². The minimum absolute atomic E-state index is 0.0332. The highest BCUT2D eigenvalue weighted by molar-refractivity contribution is 5.94. The smallest absolute Gasteiger partial charge is 0.255 e. The van der Waals surface area contributed by atoms with Gasteiger partial charge in [-0.05, 0) is 43.5 Å². The van der Waals surface area contributed by atoms with E-state index in [0.717, 1.165) is 31.5 Å². The summed E-state index contributed by atoms with van der Waals surface area (Å²) in [5.41, 5.74) is 1.74. The Hall–Kier alpha value is -2.96. The van der Waals surface area contributed by atoms with Gasteiger partial charge in [0.1, 0.15) is 0 Å². The van der Waals surface area contributed by atoms with Crippen LogP contribution in [0.3, 0.4) is 0 Å². The minimum Gasteiger partial charge on any atom is -0.334 e. The first-order valence-electron chi connectivity index (χ1n) is 8.47. The third kappa shape index (κ3) is 3.17. The van der Waals surface area contributed by atoms with Crippen LogP contribution in [-0.4, -0.2) is 47.9 Å². The van der Waals surface area contributed by atoms with Crippen LogP contribution in [0.15, 0.2) is 49.2 Å². The van der Waals surface area contributed by atoms with E-state index in [9.17, 15) is 4.79 Å². The molecule has 1 atom stereocenters. The maximum Gasteiger partial charge on any atom is 0.255 e. The second-order valence-corrected chi connectivity index (χ2v) is 6.39. The molecule has 1 fully saturated rings. The molecule has 1 amide bonds. The minimum atomic E-state index is 0.0332. The summed E-state index contributed by atoms with van der Waals surface area (Å²) in [6.45, 7) is 3.54. The molecule has 25 heavy (non-hydrogen) atoms. The van der Waals surface area contributed by atoms with E-state index in [1.807, 2.05) is 53.3 Å². The van der Waals surface area contributed by atoms with Crippen molar-refractivity contribution in [2.75, 3.05) is 6.54 Å². The van der Waals surface area contributed by atoms with E-state index < -0.39 is 0 Å². The number of pyridine rings is 1. The van der Waals surface area contributed by atoms with E-state index in [4.69, 9.17) is 0 Å². The second kappa shape index (κ2) is 6.51. The molecule has 0 aromatic carbocycles. The van der Waals surface area contributed by atoms with Crippen molar-refractivity contribution in [1.82, 2.24) is 29.4 Å². The van der Waals surface area contributed by atoms with Crippen LogP contribution >= 0.6 is 0 Å². The number of nitrogens with zero attached hydrogens (tertiary/aromatic N) is 6. The molecule has 0 saturated carbocycles. The van der Waals surface area contributed by atoms with Gasteiger partial charge in [0.05, 0.1) is 24.3 Å². The number of carbonyl (C=O) groups is 1. The maximum atomic E-state index is 12.9. The van der Waals surface area contributed by atoms with Crippen LogP contribution in [-0.2, 0) is 6.54 Å². The van der Waals surface area contributed by atoms with Crippen molar-refractivity contribution in [3.05, 3.63) is 60.3 Å². The fourth-order valence-corrected chi connectivity index (χ4v) is 3.29. The molecule has 3 aromatic heterocycles. The summed E-state index contributed by atoms with van der Waals surface area (Å²) < 4.78 is 3.59. The molecule has 128 valence electrons. The summed E-state index contributed by atoms with van der Waals surface area (Å²) in [7, 11) is 0. The molecule has 0 unspecified atom stereocenters. The largest absolute Gasteiger partial charge is 0.334 e. The number of aromatic nitrogens is 5. The lowest BCUT2D eigenvalue weighted by molar-refractivity contribution is 0.0721. The van der Waals surface area contributed by atoms with Gasteiger partial charge in [0.2, 0.25) is 0 Å². The second-order valence-electron chi connectivity index (χ2n) is 6.39. The summed E-state index contributed by atoms with van der Waals surface area (Å²) in [4.78, 5) is 19.2. The molecule has 0 aliphatic carbocycles. The van der Waals surface area contributed by atoms with E-state index in [0.29, 0.717) is 11.4 Å². The van der Waals surface area contributed by atoms with Crippen molar-refractivity contribution >= 4 is 5.91 Å². The first kappa shape index (κ1) is 15.6. The van der Waals surface area contributed by atoms with Crippen LogP contribution in [0.1, 0.15) is 28.8 Å². The van der Waals surface area contributed by atoms with Gasteiger partial charge >= 0.3 is 0 Å². The average Bonchev–Trinajstić information content (AvgIpc) is 3.37. The van der Waals surface area contributed by atoms with Gasteiger partial charge in [0.15, 0.2) is 5.82 Å².